The molecule has 1 aliphatic heterocycles. The molecule has 0 bridgehead atoms. The molecule has 1 aliphatic rings. The van der Waals surface area contributed by atoms with Crippen molar-refractivity contribution in [2.24, 2.45) is 0 Å². The Labute approximate surface area is 233 Å². The van der Waals surface area contributed by atoms with Gasteiger partial charge in [-0.15, -0.1) is 0 Å². The molecule has 8 heteroatoms. The molecule has 0 saturated carbocycles. The summed E-state index contributed by atoms with van der Waals surface area (Å²) in [5, 5.41) is 0. The Hall–Kier alpha value is -2.55. The largest absolute Gasteiger partial charge is 0.342 e. The van der Waals surface area contributed by atoms with Gasteiger partial charge in [-0.3, -0.25) is 4.79 Å². The maximum Gasteiger partial charge on any atom is 0.244 e. The zero-order valence-corrected chi connectivity index (χ0v) is 24.5. The number of carbonyl (C=O) groups is 1. The fourth-order valence-corrected chi connectivity index (χ4v) is 7.54. The van der Waals surface area contributed by atoms with E-state index in [0.29, 0.717) is 53.5 Å². The van der Waals surface area contributed by atoms with Gasteiger partial charge in [-0.1, -0.05) is 70.0 Å². The first-order valence-corrected chi connectivity index (χ1v) is 15.1. The fourth-order valence-electron chi connectivity index (χ4n) is 5.41. The number of likely N-dealkylation sites (tertiary alicyclic amines) is 1. The SMILES string of the molecule is Cc1cc(C)c(S(=O)(=O)N(CCc2ccccc2)CC(=O)N2CCC(c3ccc(Br)cc3F)CC2)c(C)c1. The van der Waals surface area contributed by atoms with Gasteiger partial charge in [0, 0.05) is 24.1 Å². The number of nitrogens with zero attached hydrogens (tertiary/aromatic N) is 2. The van der Waals surface area contributed by atoms with E-state index in [1.807, 2.05) is 55.5 Å². The van der Waals surface area contributed by atoms with Crippen molar-refractivity contribution in [3.05, 3.63) is 98.8 Å². The van der Waals surface area contributed by atoms with Crippen molar-refractivity contribution in [3.8, 4) is 0 Å². The fraction of sp³-hybridized carbons (Fsp3) is 0.367. The molecule has 3 aromatic carbocycles. The molecule has 0 aliphatic carbocycles. The molecular formula is C30H34BrFN2O3S. The maximum absolute atomic E-state index is 14.5. The van der Waals surface area contributed by atoms with Crippen LogP contribution in [0.3, 0.4) is 0 Å². The number of hydrogen-bond donors (Lipinski definition) is 0. The van der Waals surface area contributed by atoms with Gasteiger partial charge in [0.1, 0.15) is 5.82 Å². The summed E-state index contributed by atoms with van der Waals surface area (Å²) in [5.41, 5.74) is 4.03. The van der Waals surface area contributed by atoms with Crippen molar-refractivity contribution in [1.29, 1.82) is 0 Å². The van der Waals surface area contributed by atoms with Crippen LogP contribution < -0.4 is 0 Å². The first-order valence-electron chi connectivity index (χ1n) is 12.9. The lowest BCUT2D eigenvalue weighted by atomic mass is 9.89. The van der Waals surface area contributed by atoms with Gasteiger partial charge in [-0.25, -0.2) is 12.8 Å². The molecule has 0 aromatic heterocycles. The van der Waals surface area contributed by atoms with E-state index < -0.39 is 10.0 Å². The van der Waals surface area contributed by atoms with Gasteiger partial charge >= 0.3 is 0 Å². The molecule has 5 nitrogen and oxygen atoms in total. The van der Waals surface area contributed by atoms with E-state index in [2.05, 4.69) is 15.9 Å². The molecule has 0 unspecified atom stereocenters. The Kier molecular flexibility index (Phi) is 9.06. The van der Waals surface area contributed by atoms with Crippen LogP contribution in [0.2, 0.25) is 0 Å². The second-order valence-corrected chi connectivity index (χ2v) is 12.9. The summed E-state index contributed by atoms with van der Waals surface area (Å²) in [6.07, 6.45) is 1.77. The summed E-state index contributed by atoms with van der Waals surface area (Å²) in [4.78, 5) is 15.4. The first kappa shape index (κ1) is 28.5. The van der Waals surface area contributed by atoms with Crippen LogP contribution in [0.1, 0.15) is 46.6 Å². The Balaban J connectivity index is 1.52. The van der Waals surface area contributed by atoms with Gasteiger partial charge in [-0.05, 0) is 80.3 Å². The van der Waals surface area contributed by atoms with E-state index in [4.69, 9.17) is 0 Å². The lowest BCUT2D eigenvalue weighted by molar-refractivity contribution is -0.132. The number of hydrogen-bond acceptors (Lipinski definition) is 3. The first-order chi connectivity index (χ1) is 18.1. The molecule has 1 saturated heterocycles. The summed E-state index contributed by atoms with van der Waals surface area (Å²) in [6, 6.07) is 18.5. The summed E-state index contributed by atoms with van der Waals surface area (Å²) in [5.74, 6) is -0.437. The molecule has 0 spiro atoms. The van der Waals surface area contributed by atoms with Gasteiger partial charge < -0.3 is 4.90 Å². The van der Waals surface area contributed by atoms with Crippen LogP contribution in [0.4, 0.5) is 4.39 Å². The summed E-state index contributed by atoms with van der Waals surface area (Å²) < 4.78 is 44.4. The zero-order valence-electron chi connectivity index (χ0n) is 22.1. The molecule has 0 radical (unpaired) electrons. The van der Waals surface area contributed by atoms with Crippen LogP contribution in [0.5, 0.6) is 0 Å². The average Bonchev–Trinajstić information content (AvgIpc) is 2.86. The third-order valence-corrected chi connectivity index (χ3v) is 9.90. The molecule has 0 N–H and O–H groups in total. The predicted octanol–water partition coefficient (Wildman–Crippen LogP) is 6.15. The molecule has 0 atom stereocenters. The average molecular weight is 602 g/mol. The molecule has 1 amide bonds. The number of aryl methyl sites for hydroxylation is 3. The number of rotatable bonds is 8. The second-order valence-electron chi connectivity index (χ2n) is 10.1. The summed E-state index contributed by atoms with van der Waals surface area (Å²) in [6.45, 7) is 6.45. The highest BCUT2D eigenvalue weighted by Gasteiger charge is 2.32. The monoisotopic (exact) mass is 600 g/mol. The molecule has 38 heavy (non-hydrogen) atoms. The van der Waals surface area contributed by atoms with E-state index in [1.54, 1.807) is 24.8 Å². The Morgan fingerprint density at radius 1 is 1.00 bits per heavy atom. The van der Waals surface area contributed by atoms with Crippen LogP contribution in [0.25, 0.3) is 0 Å². The number of halogens is 2. The standard InChI is InChI=1S/C30H34BrFN2O3S/c1-21-17-22(2)30(23(3)18-21)38(36,37)34(16-11-24-7-5-4-6-8-24)20-29(35)33-14-12-25(13-15-33)27-10-9-26(31)19-28(27)32/h4-10,17-19,25H,11-16,20H2,1-3H3. The van der Waals surface area contributed by atoms with Crippen molar-refractivity contribution in [2.75, 3.05) is 26.2 Å². The van der Waals surface area contributed by atoms with Crippen molar-refractivity contribution in [1.82, 2.24) is 9.21 Å². The third kappa shape index (κ3) is 6.53. The topological polar surface area (TPSA) is 57.7 Å². The normalized spacial score (nSPS) is 14.7. The summed E-state index contributed by atoms with van der Waals surface area (Å²) in [7, 11) is -3.91. The van der Waals surface area contributed by atoms with E-state index in [1.165, 1.54) is 10.4 Å². The lowest BCUT2D eigenvalue weighted by Crippen LogP contribution is -2.46. The summed E-state index contributed by atoms with van der Waals surface area (Å²) >= 11 is 3.30. The van der Waals surface area contributed by atoms with Gasteiger partial charge in [0.2, 0.25) is 15.9 Å². The van der Waals surface area contributed by atoms with E-state index in [9.17, 15) is 17.6 Å². The molecule has 3 aromatic rings. The highest BCUT2D eigenvalue weighted by atomic mass is 79.9. The third-order valence-electron chi connectivity index (χ3n) is 7.26. The smallest absolute Gasteiger partial charge is 0.244 e. The van der Waals surface area contributed by atoms with E-state index >= 15 is 0 Å². The highest BCUT2D eigenvalue weighted by molar-refractivity contribution is 9.10. The number of carbonyl (C=O) groups excluding carboxylic acids is 1. The molecule has 4 rings (SSSR count). The Bertz CT molecular complexity index is 1380. The molecule has 202 valence electrons. The zero-order chi connectivity index (χ0) is 27.4. The van der Waals surface area contributed by atoms with Crippen molar-refractivity contribution < 1.29 is 17.6 Å². The van der Waals surface area contributed by atoms with Crippen LogP contribution in [0.15, 0.2) is 70.0 Å². The quantitative estimate of drug-likeness (QED) is 0.311. The number of benzene rings is 3. The van der Waals surface area contributed by atoms with E-state index in [0.717, 1.165) is 11.1 Å². The lowest BCUT2D eigenvalue weighted by Gasteiger charge is -2.34. The van der Waals surface area contributed by atoms with Crippen LogP contribution in [0, 0.1) is 26.6 Å². The van der Waals surface area contributed by atoms with Crippen molar-refractivity contribution in [2.45, 2.75) is 50.8 Å². The Morgan fingerprint density at radius 3 is 2.24 bits per heavy atom. The Morgan fingerprint density at radius 2 is 1.63 bits per heavy atom. The van der Waals surface area contributed by atoms with Crippen molar-refractivity contribution >= 4 is 31.9 Å². The van der Waals surface area contributed by atoms with Gasteiger partial charge in [0.15, 0.2) is 0 Å². The van der Waals surface area contributed by atoms with Crippen LogP contribution in [-0.2, 0) is 21.2 Å². The van der Waals surface area contributed by atoms with Gasteiger partial charge in [-0.2, -0.15) is 4.31 Å². The molecular weight excluding hydrogens is 567 g/mol. The minimum atomic E-state index is -3.91. The number of amides is 1. The van der Waals surface area contributed by atoms with Gasteiger partial charge in [0.25, 0.3) is 0 Å². The minimum absolute atomic E-state index is 0.0305. The predicted molar refractivity (Wildman–Crippen MR) is 152 cm³/mol. The van der Waals surface area contributed by atoms with E-state index in [-0.39, 0.29) is 35.6 Å². The van der Waals surface area contributed by atoms with Crippen molar-refractivity contribution in [3.63, 3.8) is 0 Å². The van der Waals surface area contributed by atoms with Crippen LogP contribution in [-0.4, -0.2) is 49.7 Å². The van der Waals surface area contributed by atoms with Gasteiger partial charge in [0.05, 0.1) is 11.4 Å². The molecule has 1 heterocycles. The number of sulfonamides is 1. The minimum Gasteiger partial charge on any atom is -0.342 e. The maximum atomic E-state index is 14.5. The second kappa shape index (κ2) is 12.1. The highest BCUT2D eigenvalue weighted by Crippen LogP contribution is 2.32. The van der Waals surface area contributed by atoms with Crippen LogP contribution >= 0.6 is 15.9 Å². The number of piperidine rings is 1. The molecule has 1 fully saturated rings.